The number of carbonyl (C=O) groups excluding carboxylic acids is 1. The second kappa shape index (κ2) is 5.47. The molecule has 4 heteroatoms. The largest absolute Gasteiger partial charge is 0.383 e. The SMILES string of the molecule is COCC(C)N(C)C(=O)C1CNCC1C. The molecule has 1 fully saturated rings. The third-order valence-electron chi connectivity index (χ3n) is 3.25. The summed E-state index contributed by atoms with van der Waals surface area (Å²) in [5.41, 5.74) is 0. The molecule has 4 nitrogen and oxygen atoms in total. The van der Waals surface area contributed by atoms with Gasteiger partial charge in [0.05, 0.1) is 18.6 Å². The van der Waals surface area contributed by atoms with Crippen LogP contribution in [0.3, 0.4) is 0 Å². The van der Waals surface area contributed by atoms with E-state index in [2.05, 4.69) is 12.2 Å². The molecule has 0 aromatic carbocycles. The van der Waals surface area contributed by atoms with Gasteiger partial charge in [0.2, 0.25) is 5.91 Å². The minimum absolute atomic E-state index is 0.134. The summed E-state index contributed by atoms with van der Waals surface area (Å²) in [6, 6.07) is 0.148. The van der Waals surface area contributed by atoms with Crippen LogP contribution in [0, 0.1) is 11.8 Å². The molecule has 1 saturated heterocycles. The second-order valence-electron chi connectivity index (χ2n) is 4.50. The van der Waals surface area contributed by atoms with Gasteiger partial charge in [0.1, 0.15) is 0 Å². The van der Waals surface area contributed by atoms with E-state index in [9.17, 15) is 4.79 Å². The van der Waals surface area contributed by atoms with Gasteiger partial charge in [-0.1, -0.05) is 6.92 Å². The molecule has 0 spiro atoms. The normalized spacial score (nSPS) is 27.7. The number of hydrogen-bond donors (Lipinski definition) is 1. The fraction of sp³-hybridized carbons (Fsp3) is 0.909. The van der Waals surface area contributed by atoms with Gasteiger partial charge in [0.15, 0.2) is 0 Å². The molecule has 0 radical (unpaired) electrons. The van der Waals surface area contributed by atoms with Crippen LogP contribution in [0.5, 0.6) is 0 Å². The van der Waals surface area contributed by atoms with E-state index in [1.54, 1.807) is 12.0 Å². The van der Waals surface area contributed by atoms with Crippen LogP contribution in [-0.2, 0) is 9.53 Å². The van der Waals surface area contributed by atoms with Gasteiger partial charge in [-0.2, -0.15) is 0 Å². The average Bonchev–Trinajstić information content (AvgIpc) is 2.62. The zero-order valence-electron chi connectivity index (χ0n) is 10.1. The van der Waals surface area contributed by atoms with E-state index in [-0.39, 0.29) is 17.9 Å². The Bertz CT molecular complexity index is 221. The number of hydrogen-bond acceptors (Lipinski definition) is 3. The van der Waals surface area contributed by atoms with Crippen LogP contribution in [0.25, 0.3) is 0 Å². The van der Waals surface area contributed by atoms with E-state index in [0.29, 0.717) is 12.5 Å². The first kappa shape index (κ1) is 12.5. The number of nitrogens with one attached hydrogen (secondary N) is 1. The molecule has 3 unspecified atom stereocenters. The van der Waals surface area contributed by atoms with Crippen molar-refractivity contribution in [2.45, 2.75) is 19.9 Å². The molecule has 0 aromatic rings. The Balaban J connectivity index is 2.51. The lowest BCUT2D eigenvalue weighted by Gasteiger charge is -2.28. The van der Waals surface area contributed by atoms with Crippen LogP contribution in [0.1, 0.15) is 13.8 Å². The van der Waals surface area contributed by atoms with Crippen molar-refractivity contribution < 1.29 is 9.53 Å². The first-order valence-electron chi connectivity index (χ1n) is 5.54. The van der Waals surface area contributed by atoms with Crippen LogP contribution < -0.4 is 5.32 Å². The third kappa shape index (κ3) is 2.92. The average molecular weight is 214 g/mol. The molecule has 0 saturated carbocycles. The quantitative estimate of drug-likeness (QED) is 0.733. The molecule has 1 N–H and O–H groups in total. The Morgan fingerprint density at radius 3 is 2.73 bits per heavy atom. The molecule has 3 atom stereocenters. The maximum atomic E-state index is 12.1. The zero-order valence-corrected chi connectivity index (χ0v) is 10.1. The molecule has 1 aliphatic heterocycles. The highest BCUT2D eigenvalue weighted by Gasteiger charge is 2.32. The maximum absolute atomic E-state index is 12.1. The van der Waals surface area contributed by atoms with Crippen LogP contribution >= 0.6 is 0 Å². The van der Waals surface area contributed by atoms with Gasteiger partial charge in [-0.25, -0.2) is 0 Å². The lowest BCUT2D eigenvalue weighted by Crippen LogP contribution is -2.43. The van der Waals surface area contributed by atoms with E-state index in [0.717, 1.165) is 13.1 Å². The fourth-order valence-electron chi connectivity index (χ4n) is 1.97. The Kier molecular flexibility index (Phi) is 4.54. The van der Waals surface area contributed by atoms with Crippen molar-refractivity contribution in [2.75, 3.05) is 33.9 Å². The Morgan fingerprint density at radius 2 is 2.27 bits per heavy atom. The molecule has 15 heavy (non-hydrogen) atoms. The summed E-state index contributed by atoms with van der Waals surface area (Å²) in [5.74, 6) is 0.807. The summed E-state index contributed by atoms with van der Waals surface area (Å²) >= 11 is 0. The zero-order chi connectivity index (χ0) is 11.4. The molecule has 1 heterocycles. The fourth-order valence-corrected chi connectivity index (χ4v) is 1.97. The number of carbonyl (C=O) groups is 1. The molecule has 1 aliphatic rings. The predicted octanol–water partition coefficient (Wildman–Crippen LogP) is 0.335. The molecular formula is C11H22N2O2. The predicted molar refractivity (Wildman–Crippen MR) is 59.6 cm³/mol. The van der Waals surface area contributed by atoms with Crippen molar-refractivity contribution in [3.05, 3.63) is 0 Å². The van der Waals surface area contributed by atoms with Gasteiger partial charge in [0, 0.05) is 20.7 Å². The summed E-state index contributed by atoms with van der Waals surface area (Å²) in [6.07, 6.45) is 0. The summed E-state index contributed by atoms with van der Waals surface area (Å²) in [4.78, 5) is 13.9. The van der Waals surface area contributed by atoms with Gasteiger partial charge in [-0.05, 0) is 19.4 Å². The van der Waals surface area contributed by atoms with E-state index >= 15 is 0 Å². The highest BCUT2D eigenvalue weighted by atomic mass is 16.5. The molecule has 0 aromatic heterocycles. The Labute approximate surface area is 92.0 Å². The first-order chi connectivity index (χ1) is 7.07. The number of ether oxygens (including phenoxy) is 1. The van der Waals surface area contributed by atoms with Crippen molar-refractivity contribution in [1.29, 1.82) is 0 Å². The number of rotatable bonds is 4. The van der Waals surface area contributed by atoms with Crippen molar-refractivity contribution in [3.63, 3.8) is 0 Å². The summed E-state index contributed by atoms with van der Waals surface area (Å²) in [7, 11) is 3.52. The molecule has 0 aliphatic carbocycles. The Hall–Kier alpha value is -0.610. The number of amides is 1. The molecule has 0 bridgehead atoms. The lowest BCUT2D eigenvalue weighted by atomic mass is 9.96. The molecule has 1 amide bonds. The van der Waals surface area contributed by atoms with E-state index in [4.69, 9.17) is 4.74 Å². The third-order valence-corrected chi connectivity index (χ3v) is 3.25. The maximum Gasteiger partial charge on any atom is 0.227 e. The van der Waals surface area contributed by atoms with Crippen molar-refractivity contribution in [1.82, 2.24) is 10.2 Å². The Morgan fingerprint density at radius 1 is 1.60 bits per heavy atom. The standard InChI is InChI=1S/C11H22N2O2/c1-8-5-12-6-10(8)11(14)13(3)9(2)7-15-4/h8-10,12H,5-7H2,1-4H3. The van der Waals surface area contributed by atoms with Crippen molar-refractivity contribution >= 4 is 5.91 Å². The van der Waals surface area contributed by atoms with Gasteiger partial charge < -0.3 is 15.0 Å². The summed E-state index contributed by atoms with van der Waals surface area (Å²) in [6.45, 7) is 6.48. The molecular weight excluding hydrogens is 192 g/mol. The van der Waals surface area contributed by atoms with Crippen LogP contribution in [0.15, 0.2) is 0 Å². The molecule has 1 rings (SSSR count). The van der Waals surface area contributed by atoms with Gasteiger partial charge >= 0.3 is 0 Å². The smallest absolute Gasteiger partial charge is 0.227 e. The minimum Gasteiger partial charge on any atom is -0.383 e. The molecule has 88 valence electrons. The van der Waals surface area contributed by atoms with E-state index in [1.165, 1.54) is 0 Å². The van der Waals surface area contributed by atoms with Crippen LogP contribution in [0.2, 0.25) is 0 Å². The van der Waals surface area contributed by atoms with Gasteiger partial charge in [-0.3, -0.25) is 4.79 Å². The summed E-state index contributed by atoms with van der Waals surface area (Å²) < 4.78 is 5.05. The first-order valence-corrected chi connectivity index (χ1v) is 5.54. The van der Waals surface area contributed by atoms with E-state index < -0.39 is 0 Å². The van der Waals surface area contributed by atoms with Crippen molar-refractivity contribution in [2.24, 2.45) is 11.8 Å². The lowest BCUT2D eigenvalue weighted by molar-refractivity contribution is -0.137. The minimum atomic E-state index is 0.134. The highest BCUT2D eigenvalue weighted by Crippen LogP contribution is 2.18. The number of methoxy groups -OCH3 is 1. The van der Waals surface area contributed by atoms with Crippen LogP contribution in [0.4, 0.5) is 0 Å². The number of likely N-dealkylation sites (N-methyl/N-ethyl adjacent to an activating group) is 1. The van der Waals surface area contributed by atoms with E-state index in [1.807, 2.05) is 14.0 Å². The number of nitrogens with zero attached hydrogens (tertiary/aromatic N) is 1. The van der Waals surface area contributed by atoms with Crippen molar-refractivity contribution in [3.8, 4) is 0 Å². The highest BCUT2D eigenvalue weighted by molar-refractivity contribution is 5.79. The second-order valence-corrected chi connectivity index (χ2v) is 4.50. The summed E-state index contributed by atoms with van der Waals surface area (Å²) in [5, 5.41) is 3.25. The van der Waals surface area contributed by atoms with Gasteiger partial charge in [-0.15, -0.1) is 0 Å². The monoisotopic (exact) mass is 214 g/mol. The topological polar surface area (TPSA) is 41.6 Å². The van der Waals surface area contributed by atoms with Crippen LogP contribution in [-0.4, -0.2) is 50.7 Å². The van der Waals surface area contributed by atoms with Gasteiger partial charge in [0.25, 0.3) is 0 Å².